The van der Waals surface area contributed by atoms with Gasteiger partial charge in [0.05, 0.1) is 0 Å². The molecule has 5 heteroatoms. The molecule has 0 amide bonds. The fourth-order valence-corrected chi connectivity index (χ4v) is 2.54. The van der Waals surface area contributed by atoms with Gasteiger partial charge in [-0.3, -0.25) is 0 Å². The number of ether oxygens (including phenoxy) is 1. The molecule has 108 valence electrons. The average Bonchev–Trinajstić information content (AvgIpc) is 2.45. The molecule has 0 saturated heterocycles. The highest BCUT2D eigenvalue weighted by molar-refractivity contribution is 6.35. The molecule has 0 heterocycles. The van der Waals surface area contributed by atoms with Gasteiger partial charge in [0, 0.05) is 27.8 Å². The number of nitrogens with zero attached hydrogens (tertiary/aromatic N) is 1. The standard InChI is InChI=1S/C16H14Cl2N2O/c1-11(15-6-5-12(17)9-16(15)18)20-13-3-2-4-14(10-13)21-8-7-19/h2-6,9-11,20H,8H2,1H3. The molecule has 0 radical (unpaired) electrons. The second kappa shape index (κ2) is 7.21. The lowest BCUT2D eigenvalue weighted by atomic mass is 10.1. The van der Waals surface area contributed by atoms with Crippen molar-refractivity contribution in [1.82, 2.24) is 0 Å². The number of hydrogen-bond donors (Lipinski definition) is 1. The molecule has 1 N–H and O–H groups in total. The van der Waals surface area contributed by atoms with Gasteiger partial charge in [0.15, 0.2) is 6.61 Å². The number of nitriles is 1. The Morgan fingerprint density at radius 2 is 2.05 bits per heavy atom. The molecule has 0 aliphatic rings. The predicted octanol–water partition coefficient (Wildman–Crippen LogP) is 5.07. The maximum atomic E-state index is 8.53. The third-order valence-electron chi connectivity index (χ3n) is 2.95. The minimum atomic E-state index is 0.0148. The van der Waals surface area contributed by atoms with Crippen molar-refractivity contribution in [1.29, 1.82) is 5.26 Å². The largest absolute Gasteiger partial charge is 0.479 e. The van der Waals surface area contributed by atoms with E-state index in [9.17, 15) is 0 Å². The number of anilines is 1. The van der Waals surface area contributed by atoms with Gasteiger partial charge in [-0.15, -0.1) is 0 Å². The molecule has 0 aliphatic carbocycles. The van der Waals surface area contributed by atoms with Crippen LogP contribution in [-0.4, -0.2) is 6.61 Å². The predicted molar refractivity (Wildman–Crippen MR) is 86.0 cm³/mol. The Hall–Kier alpha value is -1.89. The van der Waals surface area contributed by atoms with Gasteiger partial charge in [0.1, 0.15) is 11.8 Å². The number of halogens is 2. The minimum Gasteiger partial charge on any atom is -0.479 e. The highest BCUT2D eigenvalue weighted by Crippen LogP contribution is 2.29. The molecule has 0 bridgehead atoms. The first kappa shape index (κ1) is 15.5. The zero-order valence-electron chi connectivity index (χ0n) is 11.4. The molecule has 0 saturated carbocycles. The minimum absolute atomic E-state index is 0.0148. The molecule has 2 aromatic rings. The van der Waals surface area contributed by atoms with Gasteiger partial charge in [-0.25, -0.2) is 0 Å². The highest BCUT2D eigenvalue weighted by atomic mass is 35.5. The quantitative estimate of drug-likeness (QED) is 0.836. The second-order valence-corrected chi connectivity index (χ2v) is 5.35. The van der Waals surface area contributed by atoms with Crippen molar-refractivity contribution >= 4 is 28.9 Å². The van der Waals surface area contributed by atoms with E-state index in [1.165, 1.54) is 0 Å². The summed E-state index contributed by atoms with van der Waals surface area (Å²) in [5.41, 5.74) is 1.85. The summed E-state index contributed by atoms with van der Waals surface area (Å²) in [6, 6.07) is 14.8. The molecule has 2 rings (SSSR count). The van der Waals surface area contributed by atoms with Gasteiger partial charge in [-0.2, -0.15) is 5.26 Å². The number of hydrogen-bond acceptors (Lipinski definition) is 3. The van der Waals surface area contributed by atoms with Crippen molar-refractivity contribution < 1.29 is 4.74 Å². The number of benzene rings is 2. The van der Waals surface area contributed by atoms with Crippen molar-refractivity contribution in [2.75, 3.05) is 11.9 Å². The summed E-state index contributed by atoms with van der Waals surface area (Å²) < 4.78 is 5.28. The zero-order valence-corrected chi connectivity index (χ0v) is 12.9. The first-order valence-electron chi connectivity index (χ1n) is 6.41. The van der Waals surface area contributed by atoms with E-state index in [4.69, 9.17) is 33.2 Å². The van der Waals surface area contributed by atoms with E-state index < -0.39 is 0 Å². The van der Waals surface area contributed by atoms with Crippen LogP contribution in [0.1, 0.15) is 18.5 Å². The smallest absolute Gasteiger partial charge is 0.174 e. The SMILES string of the molecule is CC(Nc1cccc(OCC#N)c1)c1ccc(Cl)cc1Cl. The van der Waals surface area contributed by atoms with Gasteiger partial charge in [0.2, 0.25) is 0 Å². The van der Waals surface area contributed by atoms with Crippen molar-refractivity contribution in [3.63, 3.8) is 0 Å². The van der Waals surface area contributed by atoms with E-state index in [0.29, 0.717) is 15.8 Å². The molecule has 0 spiro atoms. The van der Waals surface area contributed by atoms with Crippen LogP contribution in [0.5, 0.6) is 5.75 Å². The lowest BCUT2D eigenvalue weighted by Gasteiger charge is -2.17. The van der Waals surface area contributed by atoms with E-state index in [-0.39, 0.29) is 12.6 Å². The van der Waals surface area contributed by atoms with E-state index in [0.717, 1.165) is 11.3 Å². The van der Waals surface area contributed by atoms with Crippen LogP contribution in [-0.2, 0) is 0 Å². The molecule has 0 aromatic heterocycles. The van der Waals surface area contributed by atoms with Crippen molar-refractivity contribution in [2.24, 2.45) is 0 Å². The van der Waals surface area contributed by atoms with Crippen LogP contribution in [0.2, 0.25) is 10.0 Å². The topological polar surface area (TPSA) is 45.0 Å². The first-order chi connectivity index (χ1) is 10.1. The maximum Gasteiger partial charge on any atom is 0.174 e. The first-order valence-corrected chi connectivity index (χ1v) is 7.17. The normalized spacial score (nSPS) is 11.5. The second-order valence-electron chi connectivity index (χ2n) is 4.51. The molecule has 21 heavy (non-hydrogen) atoms. The fourth-order valence-electron chi connectivity index (χ4n) is 1.97. The Morgan fingerprint density at radius 1 is 1.24 bits per heavy atom. The van der Waals surface area contributed by atoms with Crippen LogP contribution in [0, 0.1) is 11.3 Å². The van der Waals surface area contributed by atoms with Crippen LogP contribution >= 0.6 is 23.2 Å². The Morgan fingerprint density at radius 3 is 2.76 bits per heavy atom. The fraction of sp³-hybridized carbons (Fsp3) is 0.188. The Balaban J connectivity index is 2.12. The number of nitrogens with one attached hydrogen (secondary N) is 1. The molecule has 0 fully saturated rings. The lowest BCUT2D eigenvalue weighted by Crippen LogP contribution is -2.07. The van der Waals surface area contributed by atoms with Gasteiger partial charge in [0.25, 0.3) is 0 Å². The third kappa shape index (κ3) is 4.29. The van der Waals surface area contributed by atoms with Crippen LogP contribution in [0.15, 0.2) is 42.5 Å². The van der Waals surface area contributed by atoms with Crippen LogP contribution in [0.25, 0.3) is 0 Å². The van der Waals surface area contributed by atoms with E-state index >= 15 is 0 Å². The lowest BCUT2D eigenvalue weighted by molar-refractivity contribution is 0.368. The van der Waals surface area contributed by atoms with E-state index in [2.05, 4.69) is 5.32 Å². The number of rotatable bonds is 5. The van der Waals surface area contributed by atoms with Crippen molar-refractivity contribution in [2.45, 2.75) is 13.0 Å². The molecule has 2 aromatic carbocycles. The van der Waals surface area contributed by atoms with Gasteiger partial charge >= 0.3 is 0 Å². The summed E-state index contributed by atoms with van der Waals surface area (Å²) in [6.45, 7) is 2.04. The Kier molecular flexibility index (Phi) is 5.32. The summed E-state index contributed by atoms with van der Waals surface area (Å²) in [6.07, 6.45) is 0. The Labute approximate surface area is 134 Å². The van der Waals surface area contributed by atoms with Crippen LogP contribution < -0.4 is 10.1 Å². The summed E-state index contributed by atoms with van der Waals surface area (Å²) in [5.74, 6) is 0.649. The zero-order chi connectivity index (χ0) is 15.2. The van der Waals surface area contributed by atoms with Gasteiger partial charge in [-0.1, -0.05) is 35.3 Å². The van der Waals surface area contributed by atoms with Crippen LogP contribution in [0.4, 0.5) is 5.69 Å². The third-order valence-corrected chi connectivity index (χ3v) is 3.51. The summed E-state index contributed by atoms with van der Waals surface area (Å²) in [7, 11) is 0. The monoisotopic (exact) mass is 320 g/mol. The molecular formula is C16H14Cl2N2O. The Bertz CT molecular complexity index is 668. The van der Waals surface area contributed by atoms with E-state index in [1.54, 1.807) is 6.07 Å². The molecule has 1 unspecified atom stereocenters. The van der Waals surface area contributed by atoms with E-state index in [1.807, 2.05) is 49.4 Å². The van der Waals surface area contributed by atoms with Crippen molar-refractivity contribution in [3.8, 4) is 11.8 Å². The highest BCUT2D eigenvalue weighted by Gasteiger charge is 2.10. The maximum absolute atomic E-state index is 8.53. The molecule has 3 nitrogen and oxygen atoms in total. The molecular weight excluding hydrogens is 307 g/mol. The summed E-state index contributed by atoms with van der Waals surface area (Å²) in [4.78, 5) is 0. The van der Waals surface area contributed by atoms with Gasteiger partial charge in [-0.05, 0) is 36.8 Å². The van der Waals surface area contributed by atoms with Crippen LogP contribution in [0.3, 0.4) is 0 Å². The summed E-state index contributed by atoms with van der Waals surface area (Å²) in [5, 5.41) is 13.1. The summed E-state index contributed by atoms with van der Waals surface area (Å²) >= 11 is 12.1. The van der Waals surface area contributed by atoms with Crippen molar-refractivity contribution in [3.05, 3.63) is 58.1 Å². The molecule has 0 aliphatic heterocycles. The van der Waals surface area contributed by atoms with Gasteiger partial charge < -0.3 is 10.1 Å². The molecule has 1 atom stereocenters. The average molecular weight is 321 g/mol.